The molecule has 0 spiro atoms. The normalized spacial score (nSPS) is 10.2. The van der Waals surface area contributed by atoms with Crippen LogP contribution < -0.4 is 15.8 Å². The smallest absolute Gasteiger partial charge is 0.256 e. The van der Waals surface area contributed by atoms with Crippen LogP contribution in [0.2, 0.25) is 0 Å². The van der Waals surface area contributed by atoms with Crippen molar-refractivity contribution in [2.75, 3.05) is 18.2 Å². The van der Waals surface area contributed by atoms with Crippen molar-refractivity contribution in [3.05, 3.63) is 47.4 Å². The molecule has 5 nitrogen and oxygen atoms in total. The van der Waals surface area contributed by atoms with Crippen LogP contribution in [0.3, 0.4) is 0 Å². The lowest BCUT2D eigenvalue weighted by Gasteiger charge is -2.08. The van der Waals surface area contributed by atoms with E-state index < -0.39 is 11.7 Å². The number of aryl methyl sites for hydroxylation is 1. The third kappa shape index (κ3) is 2.85. The molecule has 0 saturated carbocycles. The third-order valence-corrected chi connectivity index (χ3v) is 2.81. The fraction of sp³-hybridized carbons (Fsp3) is 0.143. The number of hydrogen-bond donors (Lipinski definition) is 2. The van der Waals surface area contributed by atoms with Crippen LogP contribution in [0.5, 0.6) is 5.75 Å². The largest absolute Gasteiger partial charge is 0.494 e. The van der Waals surface area contributed by atoms with Gasteiger partial charge in [-0.15, -0.1) is 0 Å². The highest BCUT2D eigenvalue weighted by Gasteiger charge is 2.11. The first kappa shape index (κ1) is 13.8. The van der Waals surface area contributed by atoms with Crippen LogP contribution in [0.15, 0.2) is 30.5 Å². The number of nitrogen functional groups attached to an aromatic ring is 1. The maximum Gasteiger partial charge on any atom is 0.256 e. The van der Waals surface area contributed by atoms with Gasteiger partial charge in [-0.25, -0.2) is 9.37 Å². The standard InChI is InChI=1S/C14H14FN3O2/c1-8-5-13(17-7-11(8)16)18-14(19)9-3-4-12(20-2)10(15)6-9/h3-7H,16H2,1-2H3,(H,17,18,19). The molecule has 0 fully saturated rings. The number of halogens is 1. The summed E-state index contributed by atoms with van der Waals surface area (Å²) in [6, 6.07) is 5.62. The zero-order valence-electron chi connectivity index (χ0n) is 11.1. The summed E-state index contributed by atoms with van der Waals surface area (Å²) in [6.07, 6.45) is 1.46. The van der Waals surface area contributed by atoms with Crippen LogP contribution >= 0.6 is 0 Å². The molecule has 1 amide bonds. The molecule has 0 aliphatic rings. The monoisotopic (exact) mass is 275 g/mol. The quantitative estimate of drug-likeness (QED) is 0.901. The highest BCUT2D eigenvalue weighted by molar-refractivity contribution is 6.03. The van der Waals surface area contributed by atoms with Crippen LogP contribution in [0.1, 0.15) is 15.9 Å². The van der Waals surface area contributed by atoms with Gasteiger partial charge in [-0.1, -0.05) is 0 Å². The fourth-order valence-corrected chi connectivity index (χ4v) is 1.63. The zero-order valence-corrected chi connectivity index (χ0v) is 11.1. The first-order valence-electron chi connectivity index (χ1n) is 5.88. The number of ether oxygens (including phenoxy) is 1. The lowest BCUT2D eigenvalue weighted by Crippen LogP contribution is -2.13. The first-order chi connectivity index (χ1) is 9.51. The highest BCUT2D eigenvalue weighted by Crippen LogP contribution is 2.19. The van der Waals surface area contributed by atoms with Gasteiger partial charge in [0, 0.05) is 5.56 Å². The van der Waals surface area contributed by atoms with Gasteiger partial charge in [-0.3, -0.25) is 4.79 Å². The summed E-state index contributed by atoms with van der Waals surface area (Å²) in [6.45, 7) is 1.81. The van der Waals surface area contributed by atoms with Gasteiger partial charge >= 0.3 is 0 Å². The molecule has 0 bridgehead atoms. The summed E-state index contributed by atoms with van der Waals surface area (Å²) in [4.78, 5) is 16.0. The summed E-state index contributed by atoms with van der Waals surface area (Å²) in [5.74, 6) is -0.606. The molecule has 20 heavy (non-hydrogen) atoms. The molecule has 0 unspecified atom stereocenters. The van der Waals surface area contributed by atoms with Gasteiger partial charge in [0.2, 0.25) is 0 Å². The predicted octanol–water partition coefficient (Wildman–Crippen LogP) is 2.37. The van der Waals surface area contributed by atoms with E-state index in [4.69, 9.17) is 10.5 Å². The lowest BCUT2D eigenvalue weighted by molar-refractivity contribution is 0.102. The van der Waals surface area contributed by atoms with Crippen molar-refractivity contribution in [2.24, 2.45) is 0 Å². The van der Waals surface area contributed by atoms with E-state index in [0.717, 1.165) is 11.6 Å². The van der Waals surface area contributed by atoms with Crippen LogP contribution in [-0.4, -0.2) is 18.0 Å². The number of methoxy groups -OCH3 is 1. The molecule has 0 atom stereocenters. The molecular formula is C14H14FN3O2. The van der Waals surface area contributed by atoms with Crippen molar-refractivity contribution < 1.29 is 13.9 Å². The number of amides is 1. The minimum Gasteiger partial charge on any atom is -0.494 e. The van der Waals surface area contributed by atoms with Crippen LogP contribution in [-0.2, 0) is 0 Å². The Balaban J connectivity index is 2.19. The van der Waals surface area contributed by atoms with Gasteiger partial charge in [0.15, 0.2) is 11.6 Å². The maximum atomic E-state index is 13.5. The Kier molecular flexibility index (Phi) is 3.84. The van der Waals surface area contributed by atoms with Crippen molar-refractivity contribution in [1.29, 1.82) is 0 Å². The number of aromatic nitrogens is 1. The van der Waals surface area contributed by atoms with Crippen LogP contribution in [0.25, 0.3) is 0 Å². The number of benzene rings is 1. The number of hydrogen-bond acceptors (Lipinski definition) is 4. The SMILES string of the molecule is COc1ccc(C(=O)Nc2cc(C)c(N)cn2)cc1F. The van der Waals surface area contributed by atoms with E-state index in [0.29, 0.717) is 11.5 Å². The second-order valence-electron chi connectivity index (χ2n) is 4.23. The second kappa shape index (κ2) is 5.56. The molecule has 1 heterocycles. The van der Waals surface area contributed by atoms with Crippen LogP contribution in [0, 0.1) is 12.7 Å². The molecule has 1 aromatic carbocycles. The molecule has 2 rings (SSSR count). The Hall–Kier alpha value is -2.63. The van der Waals surface area contributed by atoms with Crippen molar-refractivity contribution in [3.63, 3.8) is 0 Å². The summed E-state index contributed by atoms with van der Waals surface area (Å²) < 4.78 is 18.3. The molecular weight excluding hydrogens is 261 g/mol. The van der Waals surface area contributed by atoms with Gasteiger partial charge in [-0.05, 0) is 36.8 Å². The Morgan fingerprint density at radius 1 is 1.40 bits per heavy atom. The van der Waals surface area contributed by atoms with Gasteiger partial charge in [0.1, 0.15) is 5.82 Å². The number of nitrogens with zero attached hydrogens (tertiary/aromatic N) is 1. The van der Waals surface area contributed by atoms with E-state index in [1.54, 1.807) is 13.0 Å². The van der Waals surface area contributed by atoms with E-state index in [2.05, 4.69) is 10.3 Å². The number of pyridine rings is 1. The maximum absolute atomic E-state index is 13.5. The van der Waals surface area contributed by atoms with E-state index in [9.17, 15) is 9.18 Å². The number of carbonyl (C=O) groups is 1. The fourth-order valence-electron chi connectivity index (χ4n) is 1.63. The molecule has 0 aliphatic heterocycles. The summed E-state index contributed by atoms with van der Waals surface area (Å²) in [5, 5.41) is 2.58. The molecule has 0 saturated heterocycles. The van der Waals surface area contributed by atoms with Gasteiger partial charge < -0.3 is 15.8 Å². The molecule has 104 valence electrons. The number of nitrogens with one attached hydrogen (secondary N) is 1. The Labute approximate surface area is 115 Å². The molecule has 6 heteroatoms. The summed E-state index contributed by atoms with van der Waals surface area (Å²) in [5.41, 5.74) is 7.17. The molecule has 0 aliphatic carbocycles. The third-order valence-electron chi connectivity index (χ3n) is 2.81. The van der Waals surface area contributed by atoms with E-state index in [1.807, 2.05) is 0 Å². The number of rotatable bonds is 3. The van der Waals surface area contributed by atoms with E-state index in [1.165, 1.54) is 25.4 Å². The van der Waals surface area contributed by atoms with Crippen molar-refractivity contribution in [3.8, 4) is 5.75 Å². The predicted molar refractivity (Wildman–Crippen MR) is 74.3 cm³/mol. The molecule has 2 aromatic rings. The van der Waals surface area contributed by atoms with Crippen molar-refractivity contribution in [1.82, 2.24) is 4.98 Å². The minimum absolute atomic E-state index is 0.0861. The average molecular weight is 275 g/mol. The molecule has 3 N–H and O–H groups in total. The van der Waals surface area contributed by atoms with Gasteiger partial charge in [-0.2, -0.15) is 0 Å². The Bertz CT molecular complexity index is 659. The van der Waals surface area contributed by atoms with Crippen LogP contribution in [0.4, 0.5) is 15.9 Å². The van der Waals surface area contributed by atoms with E-state index >= 15 is 0 Å². The first-order valence-corrected chi connectivity index (χ1v) is 5.88. The summed E-state index contributed by atoms with van der Waals surface area (Å²) in [7, 11) is 1.36. The molecule has 1 aromatic heterocycles. The zero-order chi connectivity index (χ0) is 14.7. The molecule has 0 radical (unpaired) electrons. The van der Waals surface area contributed by atoms with Crippen molar-refractivity contribution in [2.45, 2.75) is 6.92 Å². The van der Waals surface area contributed by atoms with Gasteiger partial charge in [0.25, 0.3) is 5.91 Å². The topological polar surface area (TPSA) is 77.2 Å². The second-order valence-corrected chi connectivity index (χ2v) is 4.23. The average Bonchev–Trinajstić information content (AvgIpc) is 2.42. The number of carbonyl (C=O) groups excluding carboxylic acids is 1. The van der Waals surface area contributed by atoms with Crippen molar-refractivity contribution >= 4 is 17.4 Å². The Morgan fingerprint density at radius 2 is 2.15 bits per heavy atom. The Morgan fingerprint density at radius 3 is 2.75 bits per heavy atom. The lowest BCUT2D eigenvalue weighted by atomic mass is 10.2. The van der Waals surface area contributed by atoms with E-state index in [-0.39, 0.29) is 11.3 Å². The number of anilines is 2. The van der Waals surface area contributed by atoms with Gasteiger partial charge in [0.05, 0.1) is 19.0 Å². The number of nitrogens with two attached hydrogens (primary N) is 1. The minimum atomic E-state index is -0.596. The highest BCUT2D eigenvalue weighted by atomic mass is 19.1. The summed E-state index contributed by atoms with van der Waals surface area (Å²) >= 11 is 0.